The third-order valence-corrected chi connectivity index (χ3v) is 5.50. The summed E-state index contributed by atoms with van der Waals surface area (Å²) in [6.45, 7) is 9.35. The first-order valence-electron chi connectivity index (χ1n) is 9.80. The molecule has 0 amide bonds. The molecule has 0 unspecified atom stereocenters. The number of quaternary nitrogens is 1. The van der Waals surface area contributed by atoms with Crippen LogP contribution in [0.25, 0.3) is 22.0 Å². The second-order valence-corrected chi connectivity index (χ2v) is 7.21. The molecule has 0 aliphatic heterocycles. The van der Waals surface area contributed by atoms with Gasteiger partial charge in [-0.3, -0.25) is 10.1 Å². The van der Waals surface area contributed by atoms with Crippen LogP contribution in [0.5, 0.6) is 0 Å². The van der Waals surface area contributed by atoms with Crippen molar-refractivity contribution in [1.29, 1.82) is 0 Å². The molecule has 2 aromatic carbocycles. The zero-order chi connectivity index (χ0) is 20.3. The van der Waals surface area contributed by atoms with Crippen molar-refractivity contribution in [2.45, 2.75) is 33.4 Å². The summed E-state index contributed by atoms with van der Waals surface area (Å²) in [6, 6.07) is 14.9. The van der Waals surface area contributed by atoms with Crippen LogP contribution >= 0.6 is 0 Å². The van der Waals surface area contributed by atoms with Gasteiger partial charge in [0, 0.05) is 34.3 Å². The SMILES string of the molecule is CC[NH+](CC)C[C@H](O)Cn1c(C)c(-c2ccccc2)c2cc([N+](=O)[O-])ccc21. The van der Waals surface area contributed by atoms with Crippen molar-refractivity contribution in [2.75, 3.05) is 19.6 Å². The van der Waals surface area contributed by atoms with Crippen LogP contribution in [-0.4, -0.2) is 40.3 Å². The molecule has 0 saturated carbocycles. The molecule has 0 bridgehead atoms. The molecule has 0 aliphatic carbocycles. The van der Waals surface area contributed by atoms with Gasteiger partial charge in [-0.1, -0.05) is 30.3 Å². The zero-order valence-electron chi connectivity index (χ0n) is 16.7. The minimum Gasteiger partial charge on any atom is -0.385 e. The Bertz CT molecular complexity index is 962. The normalized spacial score (nSPS) is 12.6. The number of nitrogens with zero attached hydrogens (tertiary/aromatic N) is 2. The molecule has 0 spiro atoms. The van der Waals surface area contributed by atoms with Gasteiger partial charge in [-0.05, 0) is 32.4 Å². The van der Waals surface area contributed by atoms with E-state index in [-0.39, 0.29) is 10.6 Å². The van der Waals surface area contributed by atoms with Gasteiger partial charge in [0.25, 0.3) is 5.69 Å². The molecule has 3 rings (SSSR count). The minimum absolute atomic E-state index is 0.0787. The number of likely N-dealkylation sites (N-methyl/N-ethyl adjacent to an activating group) is 1. The van der Waals surface area contributed by atoms with Gasteiger partial charge in [-0.15, -0.1) is 0 Å². The molecule has 6 nitrogen and oxygen atoms in total. The van der Waals surface area contributed by atoms with Crippen molar-refractivity contribution in [3.8, 4) is 11.1 Å². The van der Waals surface area contributed by atoms with Crippen molar-refractivity contribution < 1.29 is 14.9 Å². The molecule has 0 saturated heterocycles. The predicted molar refractivity (Wildman–Crippen MR) is 112 cm³/mol. The summed E-state index contributed by atoms with van der Waals surface area (Å²) < 4.78 is 2.09. The molecule has 28 heavy (non-hydrogen) atoms. The highest BCUT2D eigenvalue weighted by Gasteiger charge is 2.21. The second-order valence-electron chi connectivity index (χ2n) is 7.21. The summed E-state index contributed by atoms with van der Waals surface area (Å²) in [5.74, 6) is 0. The van der Waals surface area contributed by atoms with Crippen molar-refractivity contribution in [2.24, 2.45) is 0 Å². The van der Waals surface area contributed by atoms with E-state index in [2.05, 4.69) is 18.4 Å². The molecule has 1 aromatic heterocycles. The van der Waals surface area contributed by atoms with Gasteiger partial charge in [0.1, 0.15) is 12.6 Å². The second kappa shape index (κ2) is 8.54. The lowest BCUT2D eigenvalue weighted by molar-refractivity contribution is -0.899. The highest BCUT2D eigenvalue weighted by Crippen LogP contribution is 2.36. The van der Waals surface area contributed by atoms with Gasteiger partial charge >= 0.3 is 0 Å². The molecule has 2 N–H and O–H groups in total. The Morgan fingerprint density at radius 2 is 1.82 bits per heavy atom. The topological polar surface area (TPSA) is 72.7 Å². The first kappa shape index (κ1) is 20.0. The van der Waals surface area contributed by atoms with Gasteiger partial charge in [-0.2, -0.15) is 0 Å². The highest BCUT2D eigenvalue weighted by atomic mass is 16.6. The Morgan fingerprint density at radius 3 is 2.43 bits per heavy atom. The van der Waals surface area contributed by atoms with Crippen molar-refractivity contribution in [3.05, 3.63) is 64.3 Å². The van der Waals surface area contributed by atoms with E-state index in [0.29, 0.717) is 13.1 Å². The quantitative estimate of drug-likeness (QED) is 0.465. The maximum atomic E-state index is 11.3. The van der Waals surface area contributed by atoms with Crippen LogP contribution in [0.3, 0.4) is 0 Å². The lowest BCUT2D eigenvalue weighted by Gasteiger charge is -2.20. The number of nitro benzene ring substituents is 1. The van der Waals surface area contributed by atoms with Crippen LogP contribution in [0.2, 0.25) is 0 Å². The Kier molecular flexibility index (Phi) is 6.11. The smallest absolute Gasteiger partial charge is 0.270 e. The summed E-state index contributed by atoms with van der Waals surface area (Å²) in [7, 11) is 0. The number of aromatic nitrogens is 1. The van der Waals surface area contributed by atoms with E-state index in [0.717, 1.165) is 40.8 Å². The fourth-order valence-electron chi connectivity index (χ4n) is 3.94. The fourth-order valence-corrected chi connectivity index (χ4v) is 3.94. The largest absolute Gasteiger partial charge is 0.385 e. The summed E-state index contributed by atoms with van der Waals surface area (Å²) in [4.78, 5) is 12.3. The molecule has 148 valence electrons. The molecule has 1 heterocycles. The number of nitro groups is 1. The third kappa shape index (κ3) is 3.93. The summed E-state index contributed by atoms with van der Waals surface area (Å²) >= 11 is 0. The first-order valence-corrected chi connectivity index (χ1v) is 9.80. The summed E-state index contributed by atoms with van der Waals surface area (Å²) in [5.41, 5.74) is 4.01. The number of hydrogen-bond donors (Lipinski definition) is 2. The monoisotopic (exact) mass is 382 g/mol. The Morgan fingerprint density at radius 1 is 1.14 bits per heavy atom. The Balaban J connectivity index is 2.10. The van der Waals surface area contributed by atoms with E-state index in [9.17, 15) is 15.2 Å². The van der Waals surface area contributed by atoms with E-state index >= 15 is 0 Å². The molecular formula is C22H28N3O3+. The van der Waals surface area contributed by atoms with E-state index in [1.807, 2.05) is 37.3 Å². The maximum absolute atomic E-state index is 11.3. The molecule has 0 radical (unpaired) electrons. The van der Waals surface area contributed by atoms with Gasteiger partial charge in [0.15, 0.2) is 0 Å². The number of nitrogens with one attached hydrogen (secondary N) is 1. The van der Waals surface area contributed by atoms with Crippen LogP contribution in [0.15, 0.2) is 48.5 Å². The molecule has 0 fully saturated rings. The zero-order valence-corrected chi connectivity index (χ0v) is 16.7. The number of aliphatic hydroxyl groups excluding tert-OH is 1. The number of hydrogen-bond acceptors (Lipinski definition) is 3. The maximum Gasteiger partial charge on any atom is 0.270 e. The standard InChI is InChI=1S/C22H27N3O3/c1-4-23(5-2)14-19(26)15-24-16(3)22(17-9-7-6-8-10-17)20-13-18(25(27)28)11-12-21(20)24/h6-13,19,26H,4-5,14-15H2,1-3H3/p+1/t19-/m0/s1. The summed E-state index contributed by atoms with van der Waals surface area (Å²) in [5, 5.41) is 22.8. The van der Waals surface area contributed by atoms with Crippen LogP contribution in [0, 0.1) is 17.0 Å². The number of rotatable bonds is 8. The van der Waals surface area contributed by atoms with Crippen LogP contribution in [0.4, 0.5) is 5.69 Å². The third-order valence-electron chi connectivity index (χ3n) is 5.50. The number of non-ortho nitro benzene ring substituents is 1. The molecule has 3 aromatic rings. The fraction of sp³-hybridized carbons (Fsp3) is 0.364. The van der Waals surface area contributed by atoms with E-state index in [1.54, 1.807) is 12.1 Å². The van der Waals surface area contributed by atoms with E-state index in [4.69, 9.17) is 0 Å². The van der Waals surface area contributed by atoms with Crippen molar-refractivity contribution >= 4 is 16.6 Å². The molecule has 0 aliphatic rings. The summed E-state index contributed by atoms with van der Waals surface area (Å²) in [6.07, 6.45) is -0.483. The van der Waals surface area contributed by atoms with Crippen molar-refractivity contribution in [1.82, 2.24) is 4.57 Å². The highest BCUT2D eigenvalue weighted by molar-refractivity contribution is 5.99. The Labute approximate surface area is 165 Å². The number of benzene rings is 2. The number of aliphatic hydroxyl groups is 1. The Hall–Kier alpha value is -2.70. The lowest BCUT2D eigenvalue weighted by atomic mass is 10.0. The van der Waals surface area contributed by atoms with Crippen LogP contribution < -0.4 is 4.90 Å². The van der Waals surface area contributed by atoms with Gasteiger partial charge < -0.3 is 14.6 Å². The number of fused-ring (bicyclic) bond motifs is 1. The average Bonchev–Trinajstić information content (AvgIpc) is 2.97. The van der Waals surface area contributed by atoms with Crippen LogP contribution in [0.1, 0.15) is 19.5 Å². The van der Waals surface area contributed by atoms with E-state index in [1.165, 1.54) is 11.0 Å². The van der Waals surface area contributed by atoms with Gasteiger partial charge in [0.2, 0.25) is 0 Å². The first-order chi connectivity index (χ1) is 13.5. The minimum atomic E-state index is -0.483. The molecular weight excluding hydrogens is 354 g/mol. The average molecular weight is 382 g/mol. The lowest BCUT2D eigenvalue weighted by Crippen LogP contribution is -3.12. The van der Waals surface area contributed by atoms with Crippen molar-refractivity contribution in [3.63, 3.8) is 0 Å². The van der Waals surface area contributed by atoms with E-state index < -0.39 is 6.10 Å². The van der Waals surface area contributed by atoms with Gasteiger partial charge in [0.05, 0.1) is 24.6 Å². The predicted octanol–water partition coefficient (Wildman–Crippen LogP) is 2.81. The van der Waals surface area contributed by atoms with Gasteiger partial charge in [-0.25, -0.2) is 0 Å². The molecule has 1 atom stereocenters. The van der Waals surface area contributed by atoms with Crippen LogP contribution in [-0.2, 0) is 6.54 Å². The molecule has 6 heteroatoms.